The van der Waals surface area contributed by atoms with Gasteiger partial charge in [0.25, 0.3) is 0 Å². The Kier molecular flexibility index (Phi) is 16.3. The lowest BCUT2D eigenvalue weighted by molar-refractivity contribution is -0.333. The lowest BCUT2D eigenvalue weighted by Gasteiger charge is -2.71. The fourth-order valence-electron chi connectivity index (χ4n) is 16.2. The van der Waals surface area contributed by atoms with Gasteiger partial charge in [-0.2, -0.15) is 0 Å². The standard InChI is InChI=1S/C53H86O22/c1-48(2)14-16-53(47(67)75-45-41(66)38(63)34(59)28(72-45)22-68-43-39(64)36(61)32(57)25(19-54)69-43)17-15-51(6)23(24(53)18-48)8-9-30-50(5)12-11-31(49(3,4)29(50)10-13-52(30,51)7)73-46-42(35(60)27(21-56)71-46)74-44-40(65)37(62)33(58)26(20-55)70-44/h8,24-46,54-66H,9-22H2,1-7H3/t24-,25+,26+,27-,28+,29-,30+,31-,32+,33+,34+,35-,36-,37-,38-,39+,40+,41+,42+,43+,44-,45-,46-,50-,51+,52+,53-/m0/s1. The van der Waals surface area contributed by atoms with Gasteiger partial charge in [0.1, 0.15) is 91.6 Å². The number of carbonyl (C=O) groups excluding carboxylic acids is 1. The summed E-state index contributed by atoms with van der Waals surface area (Å²) >= 11 is 0. The van der Waals surface area contributed by atoms with Crippen molar-refractivity contribution in [2.24, 2.45) is 50.2 Å². The van der Waals surface area contributed by atoms with Crippen LogP contribution in [0.15, 0.2) is 11.6 Å². The van der Waals surface area contributed by atoms with Gasteiger partial charge in [-0.25, -0.2) is 0 Å². The van der Waals surface area contributed by atoms with Crippen LogP contribution in [0.5, 0.6) is 0 Å². The van der Waals surface area contributed by atoms with Crippen molar-refractivity contribution in [3.63, 3.8) is 0 Å². The summed E-state index contributed by atoms with van der Waals surface area (Å²) in [4.78, 5) is 15.1. The van der Waals surface area contributed by atoms with Crippen LogP contribution < -0.4 is 0 Å². The van der Waals surface area contributed by atoms with Crippen LogP contribution in [0.25, 0.3) is 0 Å². The molecule has 9 aliphatic rings. The van der Waals surface area contributed by atoms with E-state index < -0.39 is 166 Å². The fraction of sp³-hybridized carbons (Fsp3) is 0.943. The number of fused-ring (bicyclic) bond motifs is 7. The Labute approximate surface area is 437 Å². The minimum Gasteiger partial charge on any atom is -0.432 e. The quantitative estimate of drug-likeness (QED) is 0.0790. The fourth-order valence-corrected chi connectivity index (χ4v) is 16.2. The second-order valence-corrected chi connectivity index (χ2v) is 25.8. The highest BCUT2D eigenvalue weighted by Gasteiger charge is 2.70. The minimum atomic E-state index is -1.83. The molecule has 0 aromatic rings. The number of ether oxygens (including phenoxy) is 8. The Hall–Kier alpha value is -1.59. The Bertz CT molecular complexity index is 2060. The number of aliphatic hydroxyl groups is 13. The van der Waals surface area contributed by atoms with E-state index in [2.05, 4.69) is 54.5 Å². The van der Waals surface area contributed by atoms with Crippen molar-refractivity contribution in [3.05, 3.63) is 11.6 Å². The summed E-state index contributed by atoms with van der Waals surface area (Å²) in [7, 11) is 0. The Balaban J connectivity index is 0.920. The molecule has 0 unspecified atom stereocenters. The van der Waals surface area contributed by atoms with Crippen molar-refractivity contribution in [2.75, 3.05) is 26.4 Å². The first kappa shape index (κ1) is 58.1. The third-order valence-electron chi connectivity index (χ3n) is 21.1. The van der Waals surface area contributed by atoms with E-state index in [1.807, 2.05) is 0 Å². The number of rotatable bonds is 12. The van der Waals surface area contributed by atoms with Crippen LogP contribution in [0.2, 0.25) is 0 Å². The zero-order valence-electron chi connectivity index (χ0n) is 44.2. The molecule has 4 heterocycles. The van der Waals surface area contributed by atoms with Crippen LogP contribution in [0.1, 0.15) is 113 Å². The Morgan fingerprint density at radius 2 is 1.09 bits per heavy atom. The zero-order valence-corrected chi connectivity index (χ0v) is 44.2. The maximum absolute atomic E-state index is 15.1. The first-order valence-electron chi connectivity index (χ1n) is 27.2. The maximum Gasteiger partial charge on any atom is 0.315 e. The van der Waals surface area contributed by atoms with E-state index >= 15 is 4.79 Å². The summed E-state index contributed by atoms with van der Waals surface area (Å²) in [5, 5.41) is 137. The van der Waals surface area contributed by atoms with Gasteiger partial charge in [0.15, 0.2) is 18.9 Å². The van der Waals surface area contributed by atoms with Gasteiger partial charge in [0.2, 0.25) is 6.29 Å². The number of carbonyl (C=O) groups is 1. The summed E-state index contributed by atoms with van der Waals surface area (Å²) in [6.45, 7) is 13.5. The van der Waals surface area contributed by atoms with E-state index in [0.717, 1.165) is 32.1 Å². The van der Waals surface area contributed by atoms with Crippen LogP contribution >= 0.6 is 0 Å². The van der Waals surface area contributed by atoms with Crippen LogP contribution in [0.4, 0.5) is 0 Å². The molecule has 22 nitrogen and oxygen atoms in total. The summed E-state index contributed by atoms with van der Waals surface area (Å²) in [5.41, 5.74) is -1.01. The number of hydrogen-bond acceptors (Lipinski definition) is 22. The number of allylic oxidation sites excluding steroid dienone is 2. The molecule has 0 bridgehead atoms. The highest BCUT2D eigenvalue weighted by Crippen LogP contribution is 2.76. The summed E-state index contributed by atoms with van der Waals surface area (Å²) in [6, 6.07) is 0. The molecule has 0 radical (unpaired) electrons. The topological polar surface area (TPSA) is 354 Å². The minimum absolute atomic E-state index is 0.125. The second kappa shape index (κ2) is 21.1. The van der Waals surface area contributed by atoms with E-state index in [0.29, 0.717) is 32.1 Å². The van der Waals surface area contributed by atoms with Gasteiger partial charge in [-0.3, -0.25) is 4.79 Å². The molecule has 0 aromatic heterocycles. The van der Waals surface area contributed by atoms with E-state index in [-0.39, 0.29) is 39.4 Å². The third-order valence-corrected chi connectivity index (χ3v) is 21.1. The van der Waals surface area contributed by atoms with Crippen LogP contribution in [-0.2, 0) is 42.7 Å². The van der Waals surface area contributed by atoms with Gasteiger partial charge in [-0.1, -0.05) is 60.1 Å². The summed E-state index contributed by atoms with van der Waals surface area (Å²) in [5.74, 6) is -0.389. The van der Waals surface area contributed by atoms with Crippen LogP contribution in [0.3, 0.4) is 0 Å². The van der Waals surface area contributed by atoms with E-state index in [4.69, 9.17) is 37.9 Å². The molecule has 9 rings (SSSR count). The second-order valence-electron chi connectivity index (χ2n) is 25.8. The lowest BCUT2D eigenvalue weighted by Crippen LogP contribution is -2.66. The van der Waals surface area contributed by atoms with Gasteiger partial charge in [0.05, 0.1) is 37.9 Å². The van der Waals surface area contributed by atoms with Crippen LogP contribution in [0, 0.1) is 50.2 Å². The van der Waals surface area contributed by atoms with E-state index in [9.17, 15) is 66.4 Å². The maximum atomic E-state index is 15.1. The molecule has 8 fully saturated rings. The van der Waals surface area contributed by atoms with Gasteiger partial charge in [-0.05, 0) is 109 Å². The summed E-state index contributed by atoms with van der Waals surface area (Å²) in [6.07, 6.45) is -20.2. The first-order valence-corrected chi connectivity index (χ1v) is 27.2. The number of hydrogen-bond donors (Lipinski definition) is 13. The average molecular weight is 1080 g/mol. The highest BCUT2D eigenvalue weighted by molar-refractivity contribution is 5.79. The molecule has 4 aliphatic heterocycles. The van der Waals surface area contributed by atoms with Crippen molar-refractivity contribution in [3.8, 4) is 0 Å². The molecule has 27 atom stereocenters. The predicted octanol–water partition coefficient (Wildman–Crippen LogP) is -1.40. The van der Waals surface area contributed by atoms with Gasteiger partial charge in [-0.15, -0.1) is 0 Å². The van der Waals surface area contributed by atoms with Crippen molar-refractivity contribution in [2.45, 2.75) is 235 Å². The van der Waals surface area contributed by atoms with Gasteiger partial charge >= 0.3 is 5.97 Å². The van der Waals surface area contributed by atoms with Crippen molar-refractivity contribution in [1.82, 2.24) is 0 Å². The Morgan fingerprint density at radius 1 is 0.560 bits per heavy atom. The first-order chi connectivity index (χ1) is 35.1. The molecule has 5 aliphatic carbocycles. The van der Waals surface area contributed by atoms with Crippen molar-refractivity contribution >= 4 is 5.97 Å². The molecule has 0 amide bonds. The molecule has 22 heteroatoms. The largest absolute Gasteiger partial charge is 0.432 e. The monoisotopic (exact) mass is 1070 g/mol. The molecule has 0 aromatic carbocycles. The van der Waals surface area contributed by atoms with E-state index in [1.165, 1.54) is 5.57 Å². The molecule has 4 saturated carbocycles. The lowest BCUT2D eigenvalue weighted by atomic mass is 9.33. The van der Waals surface area contributed by atoms with Crippen molar-refractivity contribution < 1.29 is 109 Å². The van der Waals surface area contributed by atoms with Gasteiger partial charge in [0, 0.05) is 0 Å². The molecular formula is C53H86O22. The molecule has 75 heavy (non-hydrogen) atoms. The molecule has 0 spiro atoms. The molecular weight excluding hydrogens is 989 g/mol. The zero-order chi connectivity index (χ0) is 54.7. The summed E-state index contributed by atoms with van der Waals surface area (Å²) < 4.78 is 47.7. The average Bonchev–Trinajstić information content (AvgIpc) is 3.66. The predicted molar refractivity (Wildman–Crippen MR) is 257 cm³/mol. The SMILES string of the molecule is CC1(C)CC[C@]2(C(=O)O[C@@H]3O[C@H](CO[C@@H]4O[C@H](CO)[C@@H](O)[C@H](O)[C@H]4O)[C@@H](O)[C@H](O)[C@H]3O)CC[C@]3(C)C(=CC[C@@H]4[C@@]5(C)CC[C@H](O[C@@H]6O[C@@H](CO)[C@H](O)[C@H]6O[C@@H]6O[C@H](CO)[C@@H](O)[C@H](O)[C@H]6O)C(C)(C)[C@@H]5CC[C@]43C)[C@@H]2C1. The molecule has 4 saturated heterocycles. The number of aliphatic hydroxyl groups excluding tert-OH is 13. The van der Waals surface area contributed by atoms with Crippen LogP contribution in [-0.4, -0.2) is 222 Å². The molecule has 430 valence electrons. The van der Waals surface area contributed by atoms with E-state index in [1.54, 1.807) is 0 Å². The number of esters is 1. The normalized spacial score (nSPS) is 53.4. The Morgan fingerprint density at radius 3 is 1.72 bits per heavy atom. The molecule has 13 N–H and O–H groups in total. The van der Waals surface area contributed by atoms with Gasteiger partial charge < -0.3 is 104 Å². The highest BCUT2D eigenvalue weighted by atomic mass is 16.8. The smallest absolute Gasteiger partial charge is 0.315 e. The van der Waals surface area contributed by atoms with Crippen molar-refractivity contribution in [1.29, 1.82) is 0 Å². The third kappa shape index (κ3) is 9.50.